The number of aryl methyl sites for hydroxylation is 1. The minimum atomic E-state index is -0.311. The van der Waals surface area contributed by atoms with E-state index in [2.05, 4.69) is 19.1 Å². The van der Waals surface area contributed by atoms with Gasteiger partial charge in [-0.05, 0) is 59.7 Å². The average Bonchev–Trinajstić information content (AvgIpc) is 3.03. The standard InChI is InChI=1S/C25H20ClNO3S/c1-17-6-8-19(9-7-17)16-30-21-12-10-18(11-13-21)14-23-24(28)27(25(29)31-23)15-20-4-2-3-5-22(20)26/h2-14H,15-16H2,1H3/b23-14-. The summed E-state index contributed by atoms with van der Waals surface area (Å²) in [6.07, 6.45) is 1.72. The quantitative estimate of drug-likeness (QED) is 0.405. The SMILES string of the molecule is Cc1ccc(COc2ccc(/C=C3\SC(=O)N(Cc4ccccc4Cl)C3=O)cc2)cc1. The summed E-state index contributed by atoms with van der Waals surface area (Å²) in [4.78, 5) is 26.7. The number of rotatable bonds is 6. The third-order valence-corrected chi connectivity index (χ3v) is 6.14. The van der Waals surface area contributed by atoms with E-state index in [-0.39, 0.29) is 17.7 Å². The summed E-state index contributed by atoms with van der Waals surface area (Å²) in [6.45, 7) is 2.70. The molecule has 6 heteroatoms. The summed E-state index contributed by atoms with van der Waals surface area (Å²) in [5.74, 6) is 0.430. The van der Waals surface area contributed by atoms with Crippen molar-refractivity contribution in [1.82, 2.24) is 4.90 Å². The van der Waals surface area contributed by atoms with Crippen LogP contribution in [-0.4, -0.2) is 16.0 Å². The van der Waals surface area contributed by atoms with Crippen molar-refractivity contribution in [2.24, 2.45) is 0 Å². The molecule has 1 aliphatic rings. The Balaban J connectivity index is 1.41. The van der Waals surface area contributed by atoms with E-state index in [1.807, 2.05) is 54.6 Å². The van der Waals surface area contributed by atoms with Crippen molar-refractivity contribution in [1.29, 1.82) is 0 Å². The maximum absolute atomic E-state index is 12.7. The van der Waals surface area contributed by atoms with Gasteiger partial charge in [-0.3, -0.25) is 14.5 Å². The number of carbonyl (C=O) groups excluding carboxylic acids is 2. The lowest BCUT2D eigenvalue weighted by atomic mass is 10.1. The summed E-state index contributed by atoms with van der Waals surface area (Å²) in [7, 11) is 0. The number of carbonyl (C=O) groups is 2. The summed E-state index contributed by atoms with van der Waals surface area (Å²) < 4.78 is 5.82. The molecule has 4 nitrogen and oxygen atoms in total. The van der Waals surface area contributed by atoms with Gasteiger partial charge in [0.1, 0.15) is 12.4 Å². The van der Waals surface area contributed by atoms with Crippen molar-refractivity contribution >= 4 is 40.6 Å². The summed E-state index contributed by atoms with van der Waals surface area (Å²) in [5, 5.41) is 0.237. The van der Waals surface area contributed by atoms with Crippen molar-refractivity contribution in [3.8, 4) is 5.75 Å². The molecular weight excluding hydrogens is 430 g/mol. The van der Waals surface area contributed by atoms with Crippen molar-refractivity contribution in [3.05, 3.63) is 105 Å². The highest BCUT2D eigenvalue weighted by Gasteiger charge is 2.35. The predicted molar refractivity (Wildman–Crippen MR) is 125 cm³/mol. The van der Waals surface area contributed by atoms with Crippen LogP contribution in [0.15, 0.2) is 77.7 Å². The second kappa shape index (κ2) is 9.41. The van der Waals surface area contributed by atoms with Crippen molar-refractivity contribution in [2.45, 2.75) is 20.1 Å². The lowest BCUT2D eigenvalue weighted by Crippen LogP contribution is -2.27. The molecule has 0 aliphatic carbocycles. The Morgan fingerprint density at radius 2 is 1.68 bits per heavy atom. The molecule has 2 amide bonds. The number of amides is 2. The van der Waals surface area contributed by atoms with Crippen LogP contribution in [0.2, 0.25) is 5.02 Å². The zero-order chi connectivity index (χ0) is 21.8. The van der Waals surface area contributed by atoms with Gasteiger partial charge in [0.25, 0.3) is 11.1 Å². The van der Waals surface area contributed by atoms with Crippen LogP contribution in [0.5, 0.6) is 5.75 Å². The molecule has 0 bridgehead atoms. The van der Waals surface area contributed by atoms with Crippen molar-refractivity contribution in [2.75, 3.05) is 0 Å². The maximum Gasteiger partial charge on any atom is 0.293 e. The van der Waals surface area contributed by atoms with Gasteiger partial charge < -0.3 is 4.74 Å². The minimum Gasteiger partial charge on any atom is -0.489 e. The van der Waals surface area contributed by atoms with E-state index >= 15 is 0 Å². The molecule has 3 aromatic carbocycles. The number of hydrogen-bond acceptors (Lipinski definition) is 4. The van der Waals surface area contributed by atoms with E-state index < -0.39 is 0 Å². The number of imide groups is 1. The van der Waals surface area contributed by atoms with Gasteiger partial charge >= 0.3 is 0 Å². The number of ether oxygens (including phenoxy) is 1. The van der Waals surface area contributed by atoms with Gasteiger partial charge in [0.2, 0.25) is 0 Å². The Kier molecular flexibility index (Phi) is 6.44. The van der Waals surface area contributed by atoms with Crippen LogP contribution in [0.25, 0.3) is 6.08 Å². The van der Waals surface area contributed by atoms with E-state index in [1.54, 1.807) is 12.1 Å². The number of hydrogen-bond donors (Lipinski definition) is 0. The van der Waals surface area contributed by atoms with Crippen LogP contribution >= 0.6 is 23.4 Å². The molecule has 0 spiro atoms. The Morgan fingerprint density at radius 1 is 0.968 bits per heavy atom. The molecule has 0 radical (unpaired) electrons. The first-order valence-electron chi connectivity index (χ1n) is 9.77. The van der Waals surface area contributed by atoms with Crippen LogP contribution < -0.4 is 4.74 Å². The second-order valence-electron chi connectivity index (χ2n) is 7.20. The van der Waals surface area contributed by atoms with E-state index in [9.17, 15) is 9.59 Å². The molecule has 4 rings (SSSR count). The first-order valence-corrected chi connectivity index (χ1v) is 11.0. The third-order valence-electron chi connectivity index (χ3n) is 4.86. The molecule has 1 saturated heterocycles. The van der Waals surface area contributed by atoms with Gasteiger partial charge in [-0.1, -0.05) is 71.8 Å². The topological polar surface area (TPSA) is 46.6 Å². The highest BCUT2D eigenvalue weighted by Crippen LogP contribution is 2.34. The summed E-state index contributed by atoms with van der Waals surface area (Å²) in [5.41, 5.74) is 3.87. The molecule has 31 heavy (non-hydrogen) atoms. The Hall–Kier alpha value is -3.02. The first kappa shape index (κ1) is 21.2. The Bertz CT molecular complexity index is 1140. The van der Waals surface area contributed by atoms with Gasteiger partial charge in [-0.25, -0.2) is 0 Å². The van der Waals surface area contributed by atoms with Crippen molar-refractivity contribution < 1.29 is 14.3 Å². The van der Waals surface area contributed by atoms with E-state index in [0.717, 1.165) is 34.2 Å². The minimum absolute atomic E-state index is 0.160. The molecule has 1 fully saturated rings. The molecule has 1 heterocycles. The van der Waals surface area contributed by atoms with Gasteiger partial charge in [-0.15, -0.1) is 0 Å². The van der Waals surface area contributed by atoms with Crippen molar-refractivity contribution in [3.63, 3.8) is 0 Å². The van der Waals surface area contributed by atoms with Gasteiger partial charge in [-0.2, -0.15) is 0 Å². The van der Waals surface area contributed by atoms with E-state index in [0.29, 0.717) is 16.5 Å². The van der Waals surface area contributed by atoms with Crippen LogP contribution in [-0.2, 0) is 17.9 Å². The fourth-order valence-electron chi connectivity index (χ4n) is 3.10. The number of benzene rings is 3. The zero-order valence-corrected chi connectivity index (χ0v) is 18.5. The fourth-order valence-corrected chi connectivity index (χ4v) is 4.13. The highest BCUT2D eigenvalue weighted by atomic mass is 35.5. The summed E-state index contributed by atoms with van der Waals surface area (Å²) in [6, 6.07) is 22.8. The fraction of sp³-hybridized carbons (Fsp3) is 0.120. The van der Waals surface area contributed by atoms with Gasteiger partial charge in [0.05, 0.1) is 11.4 Å². The van der Waals surface area contributed by atoms with Crippen LogP contribution in [0.4, 0.5) is 4.79 Å². The molecule has 0 atom stereocenters. The molecule has 156 valence electrons. The van der Waals surface area contributed by atoms with Gasteiger partial charge in [0, 0.05) is 5.02 Å². The number of thioether (sulfide) groups is 1. The zero-order valence-electron chi connectivity index (χ0n) is 16.9. The smallest absolute Gasteiger partial charge is 0.293 e. The summed E-state index contributed by atoms with van der Waals surface area (Å²) >= 11 is 7.11. The van der Waals surface area contributed by atoms with Crippen LogP contribution in [0, 0.1) is 6.92 Å². The second-order valence-corrected chi connectivity index (χ2v) is 8.60. The molecule has 0 N–H and O–H groups in total. The maximum atomic E-state index is 12.7. The molecule has 0 unspecified atom stereocenters. The van der Waals surface area contributed by atoms with E-state index in [1.165, 1.54) is 10.5 Å². The molecule has 3 aromatic rings. The van der Waals surface area contributed by atoms with Gasteiger partial charge in [0.15, 0.2) is 0 Å². The highest BCUT2D eigenvalue weighted by molar-refractivity contribution is 8.18. The lowest BCUT2D eigenvalue weighted by molar-refractivity contribution is -0.123. The molecule has 1 aliphatic heterocycles. The normalized spacial score (nSPS) is 15.0. The number of nitrogens with zero attached hydrogens (tertiary/aromatic N) is 1. The monoisotopic (exact) mass is 449 g/mol. The molecule has 0 aromatic heterocycles. The molecular formula is C25H20ClNO3S. The Labute approximate surface area is 190 Å². The average molecular weight is 450 g/mol. The third kappa shape index (κ3) is 5.19. The van der Waals surface area contributed by atoms with Crippen LogP contribution in [0.1, 0.15) is 22.3 Å². The lowest BCUT2D eigenvalue weighted by Gasteiger charge is -2.13. The molecule has 0 saturated carbocycles. The largest absolute Gasteiger partial charge is 0.489 e. The Morgan fingerprint density at radius 3 is 2.39 bits per heavy atom. The number of halogens is 1. The first-order chi connectivity index (χ1) is 15.0. The van der Waals surface area contributed by atoms with E-state index in [4.69, 9.17) is 16.3 Å². The predicted octanol–water partition coefficient (Wildman–Crippen LogP) is 6.46. The van der Waals surface area contributed by atoms with Crippen LogP contribution in [0.3, 0.4) is 0 Å².